The van der Waals surface area contributed by atoms with Crippen LogP contribution in [0.5, 0.6) is 0 Å². The number of unbranched alkanes of at least 4 members (excludes halogenated alkanes) is 39. The molecule has 0 aliphatic rings. The highest BCUT2D eigenvalue weighted by atomic mass is 31.2. The first kappa shape index (κ1) is 88.1. The Morgan fingerprint density at radius 1 is 0.322 bits per heavy atom. The van der Waals surface area contributed by atoms with Gasteiger partial charge < -0.3 is 33.8 Å². The van der Waals surface area contributed by atoms with E-state index >= 15 is 0 Å². The molecular formula is C71H138O17P2. The second-order valence-electron chi connectivity index (χ2n) is 26.3. The molecule has 0 rings (SSSR count). The fraction of sp³-hybridized carbons (Fsp3) is 0.944. The Kier molecular flexibility index (Phi) is 61.8. The van der Waals surface area contributed by atoms with E-state index in [1.54, 1.807) is 0 Å². The van der Waals surface area contributed by atoms with Gasteiger partial charge in [0.25, 0.3) is 0 Å². The molecule has 6 atom stereocenters. The lowest BCUT2D eigenvalue weighted by molar-refractivity contribution is -0.161. The molecule has 3 unspecified atom stereocenters. The van der Waals surface area contributed by atoms with Gasteiger partial charge in [0.1, 0.15) is 19.3 Å². The van der Waals surface area contributed by atoms with E-state index in [2.05, 4.69) is 41.5 Å². The summed E-state index contributed by atoms with van der Waals surface area (Å²) in [4.78, 5) is 72.3. The summed E-state index contributed by atoms with van der Waals surface area (Å²) >= 11 is 0. The van der Waals surface area contributed by atoms with Gasteiger partial charge in [-0.2, -0.15) is 0 Å². The largest absolute Gasteiger partial charge is 0.472 e. The van der Waals surface area contributed by atoms with Crippen molar-refractivity contribution in [2.45, 2.75) is 381 Å². The van der Waals surface area contributed by atoms with Crippen LogP contribution in [0.4, 0.5) is 0 Å². The molecule has 19 heteroatoms. The first-order valence-electron chi connectivity index (χ1n) is 37.0. The Morgan fingerprint density at radius 2 is 0.567 bits per heavy atom. The predicted molar refractivity (Wildman–Crippen MR) is 363 cm³/mol. The molecule has 0 spiro atoms. The molecule has 0 aliphatic heterocycles. The van der Waals surface area contributed by atoms with E-state index in [1.807, 2.05) is 0 Å². The van der Waals surface area contributed by atoms with E-state index in [1.165, 1.54) is 173 Å². The van der Waals surface area contributed by atoms with Crippen molar-refractivity contribution in [3.63, 3.8) is 0 Å². The predicted octanol–water partition coefficient (Wildman–Crippen LogP) is 20.4. The molecule has 0 amide bonds. The number of hydrogen-bond acceptors (Lipinski definition) is 15. The summed E-state index contributed by atoms with van der Waals surface area (Å²) in [5, 5.41) is 10.6. The highest BCUT2D eigenvalue weighted by Gasteiger charge is 2.30. The van der Waals surface area contributed by atoms with Crippen LogP contribution in [0.1, 0.15) is 363 Å². The van der Waals surface area contributed by atoms with Crippen LogP contribution in [-0.4, -0.2) is 96.7 Å². The monoisotopic (exact) mass is 1320 g/mol. The number of carbonyl (C=O) groups excluding carboxylic acids is 4. The second-order valence-corrected chi connectivity index (χ2v) is 29.3. The lowest BCUT2D eigenvalue weighted by atomic mass is 9.99. The Morgan fingerprint density at radius 3 is 0.844 bits per heavy atom. The van der Waals surface area contributed by atoms with Gasteiger partial charge in [-0.15, -0.1) is 0 Å². The standard InChI is InChI=1S/C71H138O17P2/c1-7-10-12-14-15-16-17-18-19-20-21-22-23-24-25-32-37-43-49-55-70(75)88-67(60-82-69(74)54-48-42-36-31-27-26-30-35-41-46-52-64(6)9-3)62-86-90(79,80)84-58-65(72)57-83-89(77,78)85-61-66(59-81-68(73)53-47-39-13-11-8-2)87-71(76)56-50-44-38-33-28-29-34-40-45-51-63(4)5/h63-67,72H,7-62H2,1-6H3,(H,77,78)(H,79,80)/t64?,65-,66+,67+/m0/s1. The quantitative estimate of drug-likeness (QED) is 0.0222. The lowest BCUT2D eigenvalue weighted by Crippen LogP contribution is -2.30. The van der Waals surface area contributed by atoms with E-state index < -0.39 is 97.5 Å². The third-order valence-electron chi connectivity index (χ3n) is 16.8. The number of rotatable bonds is 70. The summed E-state index contributed by atoms with van der Waals surface area (Å²) in [5.74, 6) is -0.588. The van der Waals surface area contributed by atoms with Crippen LogP contribution < -0.4 is 0 Å². The van der Waals surface area contributed by atoms with Crippen molar-refractivity contribution in [1.82, 2.24) is 0 Å². The van der Waals surface area contributed by atoms with Crippen molar-refractivity contribution in [1.29, 1.82) is 0 Å². The minimum Gasteiger partial charge on any atom is -0.462 e. The normalized spacial score (nSPS) is 14.4. The number of phosphoric acid groups is 2. The molecule has 534 valence electrons. The van der Waals surface area contributed by atoms with Crippen molar-refractivity contribution >= 4 is 39.5 Å². The van der Waals surface area contributed by atoms with E-state index in [0.717, 1.165) is 108 Å². The van der Waals surface area contributed by atoms with Crippen molar-refractivity contribution in [3.8, 4) is 0 Å². The van der Waals surface area contributed by atoms with Gasteiger partial charge in [0.05, 0.1) is 26.4 Å². The number of carbonyl (C=O) groups is 4. The van der Waals surface area contributed by atoms with E-state index in [4.69, 9.17) is 37.0 Å². The third kappa shape index (κ3) is 63.5. The molecular weight excluding hydrogens is 1190 g/mol. The van der Waals surface area contributed by atoms with Crippen molar-refractivity contribution < 1.29 is 80.2 Å². The topological polar surface area (TPSA) is 237 Å². The van der Waals surface area contributed by atoms with Crippen LogP contribution in [0.25, 0.3) is 0 Å². The molecule has 0 saturated carbocycles. The zero-order valence-electron chi connectivity index (χ0n) is 58.4. The molecule has 17 nitrogen and oxygen atoms in total. The minimum atomic E-state index is -4.95. The Hall–Kier alpha value is -1.94. The Labute approximate surface area is 549 Å². The minimum absolute atomic E-state index is 0.104. The number of aliphatic hydroxyl groups is 1. The summed E-state index contributed by atoms with van der Waals surface area (Å²) in [6.45, 7) is 9.47. The number of ether oxygens (including phenoxy) is 4. The Bertz CT molecular complexity index is 1750. The number of phosphoric ester groups is 2. The molecule has 0 aromatic heterocycles. The summed E-state index contributed by atoms with van der Waals surface area (Å²) < 4.78 is 68.1. The fourth-order valence-electron chi connectivity index (χ4n) is 10.7. The summed E-state index contributed by atoms with van der Waals surface area (Å²) in [6.07, 6.45) is 49.0. The molecule has 3 N–H and O–H groups in total. The van der Waals surface area contributed by atoms with Crippen LogP contribution in [-0.2, 0) is 65.4 Å². The number of esters is 4. The van der Waals surface area contributed by atoms with Crippen molar-refractivity contribution in [3.05, 3.63) is 0 Å². The maximum Gasteiger partial charge on any atom is 0.472 e. The molecule has 90 heavy (non-hydrogen) atoms. The summed E-state index contributed by atoms with van der Waals surface area (Å²) in [6, 6.07) is 0. The first-order valence-corrected chi connectivity index (χ1v) is 40.0. The van der Waals surface area contributed by atoms with Crippen LogP contribution in [0.15, 0.2) is 0 Å². The van der Waals surface area contributed by atoms with Gasteiger partial charge in [-0.05, 0) is 37.5 Å². The van der Waals surface area contributed by atoms with Gasteiger partial charge in [0.15, 0.2) is 12.2 Å². The van der Waals surface area contributed by atoms with Crippen molar-refractivity contribution in [2.75, 3.05) is 39.6 Å². The molecule has 0 aliphatic carbocycles. The molecule has 0 fully saturated rings. The van der Waals surface area contributed by atoms with Crippen LogP contribution in [0, 0.1) is 11.8 Å². The van der Waals surface area contributed by atoms with E-state index in [0.29, 0.717) is 25.7 Å². The van der Waals surface area contributed by atoms with Crippen LogP contribution in [0.3, 0.4) is 0 Å². The molecule has 0 heterocycles. The highest BCUT2D eigenvalue weighted by Crippen LogP contribution is 2.45. The maximum atomic E-state index is 13.0. The summed E-state index contributed by atoms with van der Waals surface area (Å²) in [7, 11) is -9.89. The van der Waals surface area contributed by atoms with Gasteiger partial charge in [0, 0.05) is 25.7 Å². The average Bonchev–Trinajstić information content (AvgIpc) is 2.93. The molecule has 0 aromatic carbocycles. The smallest absolute Gasteiger partial charge is 0.462 e. The molecule has 0 radical (unpaired) electrons. The van der Waals surface area contributed by atoms with Gasteiger partial charge in [-0.25, -0.2) is 9.13 Å². The molecule has 0 aromatic rings. The zero-order valence-corrected chi connectivity index (χ0v) is 60.2. The zero-order chi connectivity index (χ0) is 66.5. The number of aliphatic hydroxyl groups excluding tert-OH is 1. The van der Waals surface area contributed by atoms with E-state index in [-0.39, 0.29) is 25.7 Å². The summed E-state index contributed by atoms with van der Waals surface area (Å²) in [5.41, 5.74) is 0. The van der Waals surface area contributed by atoms with Gasteiger partial charge in [-0.3, -0.25) is 37.3 Å². The molecule has 0 bridgehead atoms. The number of hydrogen-bond donors (Lipinski definition) is 3. The second kappa shape index (κ2) is 63.1. The van der Waals surface area contributed by atoms with E-state index in [9.17, 15) is 43.2 Å². The van der Waals surface area contributed by atoms with Crippen LogP contribution >= 0.6 is 15.6 Å². The fourth-order valence-corrected chi connectivity index (χ4v) is 12.3. The molecule has 0 saturated heterocycles. The highest BCUT2D eigenvalue weighted by molar-refractivity contribution is 7.47. The Balaban J connectivity index is 5.15. The lowest BCUT2D eigenvalue weighted by Gasteiger charge is -2.21. The third-order valence-corrected chi connectivity index (χ3v) is 18.7. The van der Waals surface area contributed by atoms with Gasteiger partial charge in [-0.1, -0.05) is 311 Å². The van der Waals surface area contributed by atoms with Crippen LogP contribution in [0.2, 0.25) is 0 Å². The average molecular weight is 1330 g/mol. The SMILES string of the molecule is CCCCCCCCCCCCCCCCCCCCCC(=O)O[C@H](COC(=O)CCCCCCCCCCCCC(C)CC)COP(=O)(O)OC[C@@H](O)COP(=O)(O)OC[C@@H](COC(=O)CCCCCCC)OC(=O)CCCCCCCCCCCC(C)C. The first-order chi connectivity index (χ1) is 43.4. The van der Waals surface area contributed by atoms with Gasteiger partial charge in [0.2, 0.25) is 0 Å². The maximum absolute atomic E-state index is 13.0. The van der Waals surface area contributed by atoms with Gasteiger partial charge >= 0.3 is 39.5 Å². The van der Waals surface area contributed by atoms with Crippen molar-refractivity contribution in [2.24, 2.45) is 11.8 Å².